The number of ether oxygens (including phenoxy) is 4. The minimum Gasteiger partial charge on any atom is -0.480 e. The molecule has 2 N–H and O–H groups in total. The Morgan fingerprint density at radius 3 is 2.62 bits per heavy atom. The van der Waals surface area contributed by atoms with Gasteiger partial charge in [0.15, 0.2) is 6.29 Å². The van der Waals surface area contributed by atoms with Crippen molar-refractivity contribution in [3.63, 3.8) is 0 Å². The normalized spacial score (nSPS) is 34.9. The molecule has 0 aromatic carbocycles. The lowest BCUT2D eigenvalue weighted by Gasteiger charge is -2.38. The third-order valence-corrected chi connectivity index (χ3v) is 2.34. The fourth-order valence-electron chi connectivity index (χ4n) is 1.51. The predicted molar refractivity (Wildman–Crippen MR) is 50.9 cm³/mol. The first-order chi connectivity index (χ1) is 7.60. The summed E-state index contributed by atoms with van der Waals surface area (Å²) in [4.78, 5) is 10.4. The molecule has 16 heavy (non-hydrogen) atoms. The fourth-order valence-corrected chi connectivity index (χ4v) is 1.51. The van der Waals surface area contributed by atoms with Gasteiger partial charge in [0.25, 0.3) is 0 Å². The van der Waals surface area contributed by atoms with E-state index in [0.29, 0.717) is 0 Å². The summed E-state index contributed by atoms with van der Waals surface area (Å²) in [6.45, 7) is -0.357. The lowest BCUT2D eigenvalue weighted by Crippen LogP contribution is -2.55. The van der Waals surface area contributed by atoms with Gasteiger partial charge >= 0.3 is 5.97 Å². The van der Waals surface area contributed by atoms with E-state index in [4.69, 9.17) is 24.1 Å². The highest BCUT2D eigenvalue weighted by atomic mass is 16.7. The van der Waals surface area contributed by atoms with Crippen LogP contribution in [0, 0.1) is 0 Å². The lowest BCUT2D eigenvalue weighted by molar-refractivity contribution is -0.276. The molecular weight excluding hydrogens is 220 g/mol. The number of carboxylic acids is 1. The molecule has 0 aromatic heterocycles. The van der Waals surface area contributed by atoms with Crippen molar-refractivity contribution in [2.24, 2.45) is 0 Å². The Morgan fingerprint density at radius 1 is 1.44 bits per heavy atom. The van der Waals surface area contributed by atoms with Gasteiger partial charge in [-0.2, -0.15) is 0 Å². The zero-order valence-electron chi connectivity index (χ0n) is 9.16. The summed E-state index contributed by atoms with van der Waals surface area (Å²) in [5, 5.41) is 18.3. The Labute approximate surface area is 92.9 Å². The SMILES string of the molecule is CO[C@@H]1OC[C@@H](OC)[C@H](O)C1OCC(=O)O. The van der Waals surface area contributed by atoms with Crippen LogP contribution >= 0.6 is 0 Å². The highest BCUT2D eigenvalue weighted by Crippen LogP contribution is 2.20. The molecule has 1 unspecified atom stereocenters. The Bertz CT molecular complexity index is 232. The first-order valence-electron chi connectivity index (χ1n) is 4.78. The zero-order valence-corrected chi connectivity index (χ0v) is 9.16. The molecule has 0 amide bonds. The van der Waals surface area contributed by atoms with Crippen molar-refractivity contribution in [1.82, 2.24) is 0 Å². The van der Waals surface area contributed by atoms with E-state index in [-0.39, 0.29) is 6.61 Å². The number of methoxy groups -OCH3 is 2. The van der Waals surface area contributed by atoms with Crippen LogP contribution in [0.15, 0.2) is 0 Å². The van der Waals surface area contributed by atoms with E-state index in [2.05, 4.69) is 0 Å². The highest BCUT2D eigenvalue weighted by molar-refractivity contribution is 5.68. The summed E-state index contributed by atoms with van der Waals surface area (Å²) < 4.78 is 20.2. The molecule has 1 aliphatic rings. The van der Waals surface area contributed by atoms with Crippen molar-refractivity contribution in [3.8, 4) is 0 Å². The first-order valence-corrected chi connectivity index (χ1v) is 4.78. The fraction of sp³-hybridized carbons (Fsp3) is 0.889. The van der Waals surface area contributed by atoms with Crippen LogP contribution in [0.4, 0.5) is 0 Å². The van der Waals surface area contributed by atoms with E-state index in [0.717, 1.165) is 0 Å². The Kier molecular flexibility index (Phi) is 5.10. The molecule has 0 spiro atoms. The average Bonchev–Trinajstić information content (AvgIpc) is 2.26. The number of aliphatic carboxylic acids is 1. The summed E-state index contributed by atoms with van der Waals surface area (Å²) in [5.41, 5.74) is 0. The molecule has 0 bridgehead atoms. The first kappa shape index (κ1) is 13.3. The largest absolute Gasteiger partial charge is 0.480 e. The lowest BCUT2D eigenvalue weighted by atomic mass is 10.1. The van der Waals surface area contributed by atoms with Gasteiger partial charge in [-0.25, -0.2) is 4.79 Å². The average molecular weight is 236 g/mol. The molecule has 7 heteroatoms. The molecular formula is C9H16O7. The third kappa shape index (κ3) is 3.13. The molecule has 1 heterocycles. The topological polar surface area (TPSA) is 94.5 Å². The van der Waals surface area contributed by atoms with Gasteiger partial charge in [0.05, 0.1) is 6.61 Å². The molecule has 0 aromatic rings. The molecule has 0 aliphatic carbocycles. The van der Waals surface area contributed by atoms with Gasteiger partial charge in [-0.3, -0.25) is 0 Å². The quantitative estimate of drug-likeness (QED) is 0.621. The van der Waals surface area contributed by atoms with E-state index in [1.165, 1.54) is 14.2 Å². The molecule has 1 saturated heterocycles. The van der Waals surface area contributed by atoms with Crippen molar-refractivity contribution < 1.29 is 34.0 Å². The summed E-state index contributed by atoms with van der Waals surface area (Å²) in [6.07, 6.45) is -3.20. The van der Waals surface area contributed by atoms with Gasteiger partial charge in [-0.15, -0.1) is 0 Å². The summed E-state index contributed by atoms with van der Waals surface area (Å²) in [7, 11) is 2.82. The van der Waals surface area contributed by atoms with Gasteiger partial charge < -0.3 is 29.2 Å². The van der Waals surface area contributed by atoms with Crippen molar-refractivity contribution in [1.29, 1.82) is 0 Å². The molecule has 1 rings (SSSR count). The maximum absolute atomic E-state index is 10.4. The van der Waals surface area contributed by atoms with Crippen LogP contribution in [0.5, 0.6) is 0 Å². The third-order valence-electron chi connectivity index (χ3n) is 2.34. The monoisotopic (exact) mass is 236 g/mol. The van der Waals surface area contributed by atoms with Gasteiger partial charge in [-0.1, -0.05) is 0 Å². The van der Waals surface area contributed by atoms with Crippen LogP contribution < -0.4 is 0 Å². The zero-order chi connectivity index (χ0) is 12.1. The number of aliphatic hydroxyl groups is 1. The maximum Gasteiger partial charge on any atom is 0.329 e. The van der Waals surface area contributed by atoms with E-state index >= 15 is 0 Å². The second-order valence-corrected chi connectivity index (χ2v) is 3.37. The summed E-state index contributed by atoms with van der Waals surface area (Å²) >= 11 is 0. The van der Waals surface area contributed by atoms with E-state index < -0.39 is 37.2 Å². The molecule has 1 fully saturated rings. The molecule has 94 valence electrons. The van der Waals surface area contributed by atoms with Crippen LogP contribution in [-0.4, -0.2) is 68.2 Å². The number of hydrogen-bond donors (Lipinski definition) is 2. The van der Waals surface area contributed by atoms with Gasteiger partial charge in [0.2, 0.25) is 0 Å². The Hall–Kier alpha value is -0.730. The predicted octanol–water partition coefficient (Wildman–Crippen LogP) is -1.17. The van der Waals surface area contributed by atoms with Crippen molar-refractivity contribution in [3.05, 3.63) is 0 Å². The minimum atomic E-state index is -1.12. The molecule has 1 aliphatic heterocycles. The number of aliphatic hydroxyl groups excluding tert-OH is 1. The summed E-state index contributed by atoms with van der Waals surface area (Å²) in [5.74, 6) is -1.12. The van der Waals surface area contributed by atoms with Gasteiger partial charge in [0.1, 0.15) is 24.9 Å². The Morgan fingerprint density at radius 2 is 2.12 bits per heavy atom. The maximum atomic E-state index is 10.4. The van der Waals surface area contributed by atoms with Crippen LogP contribution in [0.3, 0.4) is 0 Å². The number of carbonyl (C=O) groups is 1. The van der Waals surface area contributed by atoms with E-state index in [9.17, 15) is 9.90 Å². The second kappa shape index (κ2) is 6.12. The minimum absolute atomic E-state index is 0.170. The molecule has 7 nitrogen and oxygen atoms in total. The van der Waals surface area contributed by atoms with Crippen LogP contribution in [0.1, 0.15) is 0 Å². The number of hydrogen-bond acceptors (Lipinski definition) is 6. The number of carboxylic acid groups (broad SMARTS) is 1. The second-order valence-electron chi connectivity index (χ2n) is 3.37. The standard InChI is InChI=1S/C9H16O7/c1-13-5-3-16-9(14-2)8(7(5)12)15-4-6(10)11/h5,7-9,12H,3-4H2,1-2H3,(H,10,11)/t5-,7+,8?,9-/m1/s1. The van der Waals surface area contributed by atoms with Crippen LogP contribution in [-0.2, 0) is 23.7 Å². The van der Waals surface area contributed by atoms with Crippen LogP contribution in [0.25, 0.3) is 0 Å². The summed E-state index contributed by atoms with van der Waals surface area (Å²) in [6, 6.07) is 0. The smallest absolute Gasteiger partial charge is 0.329 e. The van der Waals surface area contributed by atoms with E-state index in [1.54, 1.807) is 0 Å². The highest BCUT2D eigenvalue weighted by Gasteiger charge is 2.41. The van der Waals surface area contributed by atoms with Crippen molar-refractivity contribution in [2.75, 3.05) is 27.4 Å². The Balaban J connectivity index is 2.60. The van der Waals surface area contributed by atoms with Crippen molar-refractivity contribution in [2.45, 2.75) is 24.6 Å². The molecule has 4 atom stereocenters. The van der Waals surface area contributed by atoms with Gasteiger partial charge in [-0.05, 0) is 0 Å². The van der Waals surface area contributed by atoms with Crippen molar-refractivity contribution >= 4 is 5.97 Å². The molecule has 0 radical (unpaired) electrons. The van der Waals surface area contributed by atoms with Crippen LogP contribution in [0.2, 0.25) is 0 Å². The number of rotatable bonds is 5. The molecule has 0 saturated carbocycles. The van der Waals surface area contributed by atoms with E-state index in [1.807, 2.05) is 0 Å². The van der Waals surface area contributed by atoms with Gasteiger partial charge in [0, 0.05) is 14.2 Å².